The number of hydrogen-bond acceptors (Lipinski definition) is 4. The monoisotopic (exact) mass is 391 g/mol. The van der Waals surface area contributed by atoms with E-state index in [0.29, 0.717) is 11.6 Å². The zero-order valence-corrected chi connectivity index (χ0v) is 14.6. The van der Waals surface area contributed by atoms with E-state index in [0.717, 1.165) is 31.4 Å². The second-order valence-corrected chi connectivity index (χ2v) is 8.66. The molecule has 1 aromatic carbocycles. The van der Waals surface area contributed by atoms with Crippen LogP contribution in [0.15, 0.2) is 29.2 Å². The Balaban J connectivity index is 1.64. The summed E-state index contributed by atoms with van der Waals surface area (Å²) in [5, 5.41) is 2.72. The topological polar surface area (TPSA) is 101 Å². The third-order valence-corrected chi connectivity index (χ3v) is 6.60. The predicted molar refractivity (Wildman–Crippen MR) is 88.6 cm³/mol. The fourth-order valence-electron chi connectivity index (χ4n) is 3.93. The Hall–Kier alpha value is -1.65. The molecular formula is C16H20F3N3O3S. The molecule has 2 bridgehead atoms. The number of carbonyl (C=O) groups excluding carboxylic acids is 1. The first-order valence-electron chi connectivity index (χ1n) is 8.30. The number of anilines is 1. The van der Waals surface area contributed by atoms with Crippen LogP contribution in [-0.2, 0) is 14.8 Å². The average Bonchev–Trinajstić information content (AvgIpc) is 3.14. The van der Waals surface area contributed by atoms with Crippen molar-refractivity contribution in [2.75, 3.05) is 11.9 Å². The summed E-state index contributed by atoms with van der Waals surface area (Å²) in [6.45, 7) is -1.64. The first-order chi connectivity index (χ1) is 12.1. The van der Waals surface area contributed by atoms with Crippen molar-refractivity contribution in [1.82, 2.24) is 4.72 Å². The minimum absolute atomic E-state index is 0.167. The maximum absolute atomic E-state index is 12.5. The fourth-order valence-corrected chi connectivity index (χ4v) is 4.94. The van der Waals surface area contributed by atoms with E-state index in [4.69, 9.17) is 5.73 Å². The van der Waals surface area contributed by atoms with Gasteiger partial charge in [-0.1, -0.05) is 0 Å². The van der Waals surface area contributed by atoms with E-state index in [1.807, 2.05) is 0 Å². The highest BCUT2D eigenvalue weighted by atomic mass is 32.2. The third kappa shape index (κ3) is 4.02. The largest absolute Gasteiger partial charge is 0.402 e. The molecule has 4 unspecified atom stereocenters. The molecule has 2 saturated carbocycles. The van der Waals surface area contributed by atoms with Crippen LogP contribution < -0.4 is 15.8 Å². The Morgan fingerprint density at radius 1 is 1.15 bits per heavy atom. The summed E-state index contributed by atoms with van der Waals surface area (Å²) in [5.74, 6) is 0.199. The van der Waals surface area contributed by atoms with Crippen LogP contribution in [0, 0.1) is 17.8 Å². The van der Waals surface area contributed by atoms with Gasteiger partial charge in [0.15, 0.2) is 0 Å². The molecule has 2 aliphatic rings. The van der Waals surface area contributed by atoms with Crippen LogP contribution in [0.4, 0.5) is 18.9 Å². The van der Waals surface area contributed by atoms with Crippen LogP contribution in [0.2, 0.25) is 0 Å². The van der Waals surface area contributed by atoms with E-state index in [1.54, 1.807) is 0 Å². The van der Waals surface area contributed by atoms with Gasteiger partial charge in [0.2, 0.25) is 15.9 Å². The van der Waals surface area contributed by atoms with E-state index < -0.39 is 22.7 Å². The second kappa shape index (κ2) is 6.82. The number of alkyl halides is 3. The van der Waals surface area contributed by atoms with Gasteiger partial charge in [-0.2, -0.15) is 13.2 Å². The van der Waals surface area contributed by atoms with Crippen molar-refractivity contribution in [3.05, 3.63) is 24.3 Å². The minimum Gasteiger partial charge on any atom is -0.327 e. The van der Waals surface area contributed by atoms with Crippen molar-refractivity contribution in [2.45, 2.75) is 36.4 Å². The summed E-state index contributed by atoms with van der Waals surface area (Å²) in [6, 6.07) is 4.82. The van der Waals surface area contributed by atoms with Crippen molar-refractivity contribution in [1.29, 1.82) is 0 Å². The Kier molecular flexibility index (Phi) is 5.02. The maximum atomic E-state index is 12.5. The number of nitrogens with one attached hydrogen (secondary N) is 2. The molecule has 10 heteroatoms. The summed E-state index contributed by atoms with van der Waals surface area (Å²) >= 11 is 0. The number of nitrogens with two attached hydrogens (primary N) is 1. The van der Waals surface area contributed by atoms with Gasteiger partial charge in [-0.3, -0.25) is 4.79 Å². The van der Waals surface area contributed by atoms with Crippen molar-refractivity contribution < 1.29 is 26.4 Å². The summed E-state index contributed by atoms with van der Waals surface area (Å²) < 4.78 is 61.7. The molecule has 0 heterocycles. The van der Waals surface area contributed by atoms with E-state index >= 15 is 0 Å². The van der Waals surface area contributed by atoms with Gasteiger partial charge in [-0.15, -0.1) is 0 Å². The lowest BCUT2D eigenvalue weighted by atomic mass is 9.84. The molecule has 4 N–H and O–H groups in total. The molecular weight excluding hydrogens is 371 g/mol. The lowest BCUT2D eigenvalue weighted by Gasteiger charge is -2.27. The number of fused-ring (bicyclic) bond motifs is 2. The van der Waals surface area contributed by atoms with E-state index in [9.17, 15) is 26.4 Å². The quantitative estimate of drug-likeness (QED) is 0.713. The van der Waals surface area contributed by atoms with Crippen LogP contribution in [0.3, 0.4) is 0 Å². The van der Waals surface area contributed by atoms with Gasteiger partial charge in [-0.05, 0) is 55.4 Å². The van der Waals surface area contributed by atoms with Crippen molar-refractivity contribution in [3.8, 4) is 0 Å². The molecule has 0 spiro atoms. The van der Waals surface area contributed by atoms with Crippen molar-refractivity contribution in [3.63, 3.8) is 0 Å². The molecule has 6 nitrogen and oxygen atoms in total. The Bertz CT molecular complexity index is 778. The lowest BCUT2D eigenvalue weighted by molar-refractivity contribution is -0.122. The molecule has 1 aromatic rings. The number of benzene rings is 1. The van der Waals surface area contributed by atoms with Crippen LogP contribution in [0.1, 0.15) is 19.3 Å². The maximum Gasteiger partial charge on any atom is 0.402 e. The summed E-state index contributed by atoms with van der Waals surface area (Å²) in [5.41, 5.74) is 6.50. The highest BCUT2D eigenvalue weighted by molar-refractivity contribution is 7.89. The summed E-state index contributed by atoms with van der Waals surface area (Å²) in [4.78, 5) is 12.2. The Morgan fingerprint density at radius 3 is 2.31 bits per heavy atom. The Labute approximate surface area is 149 Å². The summed E-state index contributed by atoms with van der Waals surface area (Å²) in [6.07, 6.45) is -1.65. The van der Waals surface area contributed by atoms with Gasteiger partial charge in [0.05, 0.1) is 10.8 Å². The van der Waals surface area contributed by atoms with Crippen molar-refractivity contribution >= 4 is 21.6 Å². The third-order valence-electron chi connectivity index (χ3n) is 5.18. The molecule has 2 fully saturated rings. The highest BCUT2D eigenvalue weighted by Crippen LogP contribution is 2.47. The Morgan fingerprint density at radius 2 is 1.77 bits per heavy atom. The molecule has 0 saturated heterocycles. The van der Waals surface area contributed by atoms with E-state index in [-0.39, 0.29) is 28.7 Å². The number of rotatable bonds is 5. The first kappa shape index (κ1) is 19.1. The standard InChI is InChI=1S/C16H20F3N3O3S/c17-16(18,19)8-21-26(24,25)12-5-3-11(4-6-12)22-15(23)13-9-1-2-10(7-9)14(13)20/h3-6,9-10,13-14,21H,1-2,7-8,20H2,(H,22,23). The molecule has 144 valence electrons. The normalized spacial score (nSPS) is 28.3. The summed E-state index contributed by atoms with van der Waals surface area (Å²) in [7, 11) is -4.27. The minimum atomic E-state index is -4.64. The number of amides is 1. The molecule has 26 heavy (non-hydrogen) atoms. The SMILES string of the molecule is NC1C2CCC(C2)C1C(=O)Nc1ccc(S(=O)(=O)NCC(F)(F)F)cc1. The molecule has 1 amide bonds. The van der Waals surface area contributed by atoms with Gasteiger partial charge in [-0.25, -0.2) is 13.1 Å². The molecule has 4 atom stereocenters. The van der Waals surface area contributed by atoms with Crippen LogP contribution in [0.25, 0.3) is 0 Å². The van der Waals surface area contributed by atoms with Crippen LogP contribution in [-0.4, -0.2) is 33.1 Å². The van der Waals surface area contributed by atoms with Gasteiger partial charge in [0, 0.05) is 11.7 Å². The number of hydrogen-bond donors (Lipinski definition) is 3. The van der Waals surface area contributed by atoms with Gasteiger partial charge < -0.3 is 11.1 Å². The van der Waals surface area contributed by atoms with Crippen LogP contribution >= 0.6 is 0 Å². The van der Waals surface area contributed by atoms with E-state index in [1.165, 1.54) is 16.9 Å². The van der Waals surface area contributed by atoms with Crippen LogP contribution in [0.5, 0.6) is 0 Å². The van der Waals surface area contributed by atoms with Gasteiger partial charge in [0.25, 0.3) is 0 Å². The average molecular weight is 391 g/mol. The molecule has 0 radical (unpaired) electrons. The van der Waals surface area contributed by atoms with Gasteiger partial charge in [0.1, 0.15) is 6.54 Å². The molecule has 2 aliphatic carbocycles. The smallest absolute Gasteiger partial charge is 0.327 e. The van der Waals surface area contributed by atoms with Crippen molar-refractivity contribution in [2.24, 2.45) is 23.5 Å². The van der Waals surface area contributed by atoms with E-state index in [2.05, 4.69) is 5.32 Å². The molecule has 0 aliphatic heterocycles. The number of carbonyl (C=O) groups is 1. The van der Waals surface area contributed by atoms with Gasteiger partial charge >= 0.3 is 6.18 Å². The zero-order chi connectivity index (χ0) is 19.1. The zero-order valence-electron chi connectivity index (χ0n) is 13.8. The number of halogens is 3. The highest BCUT2D eigenvalue weighted by Gasteiger charge is 2.49. The first-order valence-corrected chi connectivity index (χ1v) is 9.78. The fraction of sp³-hybridized carbons (Fsp3) is 0.562. The predicted octanol–water partition coefficient (Wildman–Crippen LogP) is 1.84. The molecule has 3 rings (SSSR count). The number of sulfonamides is 1. The second-order valence-electron chi connectivity index (χ2n) is 6.89. The molecule has 0 aromatic heterocycles. The lowest BCUT2D eigenvalue weighted by Crippen LogP contribution is -2.42.